The number of halogens is 2. The second kappa shape index (κ2) is 9.48. The van der Waals surface area contributed by atoms with E-state index in [1.165, 1.54) is 12.8 Å². The average molecular weight is 360 g/mol. The Labute approximate surface area is 151 Å². The number of nitrogens with one attached hydrogen (secondary N) is 1. The van der Waals surface area contributed by atoms with Gasteiger partial charge in [0, 0.05) is 25.2 Å². The minimum Gasteiger partial charge on any atom is -0.352 e. The van der Waals surface area contributed by atoms with Crippen LogP contribution in [0.15, 0.2) is 30.3 Å². The SMILES string of the molecule is Cl.Cl.NC(Cc1ccccc1)C(=O)NC1CCN(C2CC2)CC1. The lowest BCUT2D eigenvalue weighted by molar-refractivity contribution is -0.123. The van der Waals surface area contributed by atoms with Crippen molar-refractivity contribution in [3.8, 4) is 0 Å². The molecule has 1 saturated carbocycles. The lowest BCUT2D eigenvalue weighted by atomic mass is 10.0. The lowest BCUT2D eigenvalue weighted by Gasteiger charge is -2.32. The van der Waals surface area contributed by atoms with Crippen molar-refractivity contribution in [3.63, 3.8) is 0 Å². The highest BCUT2D eigenvalue weighted by molar-refractivity contribution is 5.85. The number of nitrogens with two attached hydrogens (primary N) is 1. The van der Waals surface area contributed by atoms with Gasteiger partial charge in [-0.1, -0.05) is 30.3 Å². The molecule has 0 aromatic heterocycles. The Morgan fingerprint density at radius 3 is 2.30 bits per heavy atom. The summed E-state index contributed by atoms with van der Waals surface area (Å²) in [4.78, 5) is 14.8. The van der Waals surface area contributed by atoms with E-state index in [1.54, 1.807) is 0 Å². The van der Waals surface area contributed by atoms with Crippen molar-refractivity contribution in [2.24, 2.45) is 5.73 Å². The number of amides is 1. The molecule has 23 heavy (non-hydrogen) atoms. The first-order valence-corrected chi connectivity index (χ1v) is 8.06. The van der Waals surface area contributed by atoms with Crippen molar-refractivity contribution in [1.82, 2.24) is 10.2 Å². The van der Waals surface area contributed by atoms with Crippen LogP contribution >= 0.6 is 24.8 Å². The van der Waals surface area contributed by atoms with Crippen LogP contribution in [-0.4, -0.2) is 42.0 Å². The molecule has 1 saturated heterocycles. The van der Waals surface area contributed by atoms with Gasteiger partial charge in [0.05, 0.1) is 6.04 Å². The zero-order valence-electron chi connectivity index (χ0n) is 13.3. The van der Waals surface area contributed by atoms with Crippen molar-refractivity contribution in [1.29, 1.82) is 0 Å². The molecule has 3 N–H and O–H groups in total. The third-order valence-corrected chi connectivity index (χ3v) is 4.57. The predicted molar refractivity (Wildman–Crippen MR) is 98.4 cm³/mol. The molecule has 0 spiro atoms. The predicted octanol–water partition coefficient (Wildman–Crippen LogP) is 2.14. The molecule has 3 rings (SSSR count). The maximum Gasteiger partial charge on any atom is 0.237 e. The second-order valence-electron chi connectivity index (χ2n) is 6.35. The zero-order chi connectivity index (χ0) is 14.7. The van der Waals surface area contributed by atoms with Gasteiger partial charge in [-0.25, -0.2) is 0 Å². The van der Waals surface area contributed by atoms with Gasteiger partial charge in [0.15, 0.2) is 0 Å². The number of rotatable bonds is 5. The van der Waals surface area contributed by atoms with Crippen LogP contribution in [0.4, 0.5) is 0 Å². The monoisotopic (exact) mass is 359 g/mol. The second-order valence-corrected chi connectivity index (χ2v) is 6.35. The summed E-state index contributed by atoms with van der Waals surface area (Å²) in [6.07, 6.45) is 5.44. The highest BCUT2D eigenvalue weighted by atomic mass is 35.5. The van der Waals surface area contributed by atoms with Gasteiger partial charge >= 0.3 is 0 Å². The fourth-order valence-electron chi connectivity index (χ4n) is 3.12. The highest BCUT2D eigenvalue weighted by Gasteiger charge is 2.32. The third kappa shape index (κ3) is 5.96. The van der Waals surface area contributed by atoms with E-state index in [2.05, 4.69) is 10.2 Å². The molecule has 4 nitrogen and oxygen atoms in total. The molecule has 1 heterocycles. The Hall–Kier alpha value is -0.810. The van der Waals surface area contributed by atoms with Gasteiger partial charge in [-0.2, -0.15) is 0 Å². The molecule has 130 valence electrons. The van der Waals surface area contributed by atoms with Gasteiger partial charge in [-0.05, 0) is 37.7 Å². The topological polar surface area (TPSA) is 58.4 Å². The number of carbonyl (C=O) groups excluding carboxylic acids is 1. The fraction of sp³-hybridized carbons (Fsp3) is 0.588. The molecule has 2 fully saturated rings. The summed E-state index contributed by atoms with van der Waals surface area (Å²) in [6, 6.07) is 10.7. The van der Waals surface area contributed by atoms with Crippen molar-refractivity contribution < 1.29 is 4.79 Å². The quantitative estimate of drug-likeness (QED) is 0.846. The van der Waals surface area contributed by atoms with Crippen LogP contribution in [0.3, 0.4) is 0 Å². The number of piperidine rings is 1. The number of carbonyl (C=O) groups is 1. The minimum absolute atomic E-state index is 0. The maximum absolute atomic E-state index is 12.2. The molecule has 1 aliphatic carbocycles. The smallest absolute Gasteiger partial charge is 0.237 e. The molecular formula is C17H27Cl2N3O. The minimum atomic E-state index is -0.450. The molecule has 1 atom stereocenters. The Bertz CT molecular complexity index is 474. The summed E-state index contributed by atoms with van der Waals surface area (Å²) < 4.78 is 0. The van der Waals surface area contributed by atoms with Gasteiger partial charge < -0.3 is 16.0 Å². The van der Waals surface area contributed by atoms with Crippen LogP contribution in [0.25, 0.3) is 0 Å². The summed E-state index contributed by atoms with van der Waals surface area (Å²) in [5, 5.41) is 3.13. The van der Waals surface area contributed by atoms with E-state index in [4.69, 9.17) is 5.73 Å². The van der Waals surface area contributed by atoms with E-state index in [1.807, 2.05) is 30.3 Å². The Morgan fingerprint density at radius 1 is 1.13 bits per heavy atom. The molecule has 1 aromatic rings. The van der Waals surface area contributed by atoms with Gasteiger partial charge in [0.1, 0.15) is 0 Å². The first kappa shape index (κ1) is 20.2. The van der Waals surface area contributed by atoms with Gasteiger partial charge in [-0.3, -0.25) is 4.79 Å². The largest absolute Gasteiger partial charge is 0.352 e. The number of nitrogens with zero attached hydrogens (tertiary/aromatic N) is 1. The molecule has 2 aliphatic rings. The normalized spacial score (nSPS) is 20.0. The molecule has 6 heteroatoms. The van der Waals surface area contributed by atoms with E-state index < -0.39 is 6.04 Å². The van der Waals surface area contributed by atoms with Crippen LogP contribution < -0.4 is 11.1 Å². The highest BCUT2D eigenvalue weighted by Crippen LogP contribution is 2.29. The van der Waals surface area contributed by atoms with Crippen LogP contribution in [0.2, 0.25) is 0 Å². The van der Waals surface area contributed by atoms with E-state index in [0.29, 0.717) is 12.5 Å². The van der Waals surface area contributed by atoms with E-state index in [-0.39, 0.29) is 30.7 Å². The number of hydrogen-bond donors (Lipinski definition) is 2. The van der Waals surface area contributed by atoms with Crippen molar-refractivity contribution in [2.45, 2.75) is 50.2 Å². The molecule has 0 bridgehead atoms. The summed E-state index contributed by atoms with van der Waals surface area (Å²) in [5.41, 5.74) is 7.14. The molecule has 0 radical (unpaired) electrons. The molecular weight excluding hydrogens is 333 g/mol. The van der Waals surface area contributed by atoms with Gasteiger partial charge in [-0.15, -0.1) is 24.8 Å². The summed E-state index contributed by atoms with van der Waals surface area (Å²) in [6.45, 7) is 2.23. The van der Waals surface area contributed by atoms with Crippen molar-refractivity contribution in [3.05, 3.63) is 35.9 Å². The fourth-order valence-corrected chi connectivity index (χ4v) is 3.12. The molecule has 1 aliphatic heterocycles. The number of hydrogen-bond acceptors (Lipinski definition) is 3. The third-order valence-electron chi connectivity index (χ3n) is 4.57. The zero-order valence-corrected chi connectivity index (χ0v) is 15.0. The first-order valence-electron chi connectivity index (χ1n) is 8.06. The van der Waals surface area contributed by atoms with Crippen LogP contribution in [0.1, 0.15) is 31.2 Å². The Morgan fingerprint density at radius 2 is 1.74 bits per heavy atom. The van der Waals surface area contributed by atoms with Gasteiger partial charge in [0.2, 0.25) is 5.91 Å². The molecule has 1 unspecified atom stereocenters. The number of likely N-dealkylation sites (tertiary alicyclic amines) is 1. The Balaban J connectivity index is 0.00000132. The van der Waals surface area contributed by atoms with Crippen molar-refractivity contribution >= 4 is 30.7 Å². The Kier molecular flexibility index (Phi) is 8.34. The summed E-state index contributed by atoms with van der Waals surface area (Å²) in [7, 11) is 0. The van der Waals surface area contributed by atoms with E-state index in [0.717, 1.165) is 37.5 Å². The van der Waals surface area contributed by atoms with Crippen LogP contribution in [-0.2, 0) is 11.2 Å². The average Bonchev–Trinajstić information content (AvgIpc) is 3.34. The van der Waals surface area contributed by atoms with E-state index in [9.17, 15) is 4.79 Å². The molecule has 1 aromatic carbocycles. The van der Waals surface area contributed by atoms with E-state index >= 15 is 0 Å². The molecule has 1 amide bonds. The van der Waals surface area contributed by atoms with Gasteiger partial charge in [0.25, 0.3) is 0 Å². The first-order chi connectivity index (χ1) is 10.2. The standard InChI is InChI=1S/C17H25N3O.2ClH/c18-16(12-13-4-2-1-3-5-13)17(21)19-14-8-10-20(11-9-14)15-6-7-15;;/h1-5,14-16H,6-12,18H2,(H,19,21);2*1H. The maximum atomic E-state index is 12.2. The number of benzene rings is 1. The summed E-state index contributed by atoms with van der Waals surface area (Å²) in [5.74, 6) is -0.0104. The van der Waals surface area contributed by atoms with Crippen LogP contribution in [0.5, 0.6) is 0 Å². The van der Waals surface area contributed by atoms with Crippen molar-refractivity contribution in [2.75, 3.05) is 13.1 Å². The van der Waals surface area contributed by atoms with Crippen LogP contribution in [0, 0.1) is 0 Å². The summed E-state index contributed by atoms with van der Waals surface area (Å²) >= 11 is 0. The lowest BCUT2D eigenvalue weighted by Crippen LogP contribution is -2.50.